The summed E-state index contributed by atoms with van der Waals surface area (Å²) in [6.45, 7) is 11.6. The molecular formula is C61H65BrClF3N8O9S3. The number of benzene rings is 5. The smallest absolute Gasteiger partial charge is 0.380 e. The summed E-state index contributed by atoms with van der Waals surface area (Å²) >= 11 is 11.2. The third-order valence-electron chi connectivity index (χ3n) is 16.5. The minimum Gasteiger partial charge on any atom is -0.380 e. The lowest BCUT2D eigenvalue weighted by Crippen LogP contribution is -2.54. The Morgan fingerprint density at radius 2 is 1.43 bits per heavy atom. The van der Waals surface area contributed by atoms with Crippen molar-refractivity contribution < 1.29 is 54.0 Å². The standard InChI is InChI=1S/C61H65BrClF3N8O9S3/c1-60(2)22-20-48(39-8-12-43(63)13-9-39)42(35-60)37-72-28-30-73(31-29-72)45-14-10-40(11-15-45)56(76)69-86(82,83)47-16-17-52(54(33-47)85(80,81)61(64,65)66)67-44(38-84-46-6-4-3-5-7-46)21-23-70-24-26-71(27-25-70)36-41-32-49-50(34-51(41)62)59(79)74(58(49)78)53-18-19-55(75)68-57(53)77/h3-17,32-34,44,53,67H,18-31,35-38H2,1-2H3,(H,69,76)(H,68,75,77)/t44-,53?/m1/s1. The number of allylic oxidation sites excluding steroid dienone is 1. The molecule has 1 aliphatic carbocycles. The Labute approximate surface area is 516 Å². The molecule has 3 fully saturated rings. The van der Waals surface area contributed by atoms with Crippen LogP contribution in [0.1, 0.15) is 94.6 Å². The topological polar surface area (TPSA) is 206 Å². The van der Waals surface area contributed by atoms with Crippen molar-refractivity contribution in [1.82, 2.24) is 29.6 Å². The van der Waals surface area contributed by atoms with Gasteiger partial charge in [0.2, 0.25) is 11.8 Å². The Balaban J connectivity index is 0.774. The molecule has 0 bridgehead atoms. The Kier molecular flexibility index (Phi) is 19.0. The van der Waals surface area contributed by atoms with Crippen LogP contribution in [0.2, 0.25) is 5.02 Å². The second-order valence-corrected chi connectivity index (χ2v) is 29.1. The van der Waals surface area contributed by atoms with Crippen molar-refractivity contribution in [3.05, 3.63) is 152 Å². The number of piperazine rings is 2. The van der Waals surface area contributed by atoms with E-state index in [2.05, 4.69) is 72.1 Å². The van der Waals surface area contributed by atoms with Gasteiger partial charge in [0.15, 0.2) is 0 Å². The first-order valence-corrected chi connectivity index (χ1v) is 33.4. The van der Waals surface area contributed by atoms with E-state index < -0.39 is 82.5 Å². The zero-order chi connectivity index (χ0) is 61.3. The number of thioether (sulfide) groups is 1. The number of halogens is 5. The fraction of sp³-hybridized carbons (Fsp3) is 0.393. The summed E-state index contributed by atoms with van der Waals surface area (Å²) in [6, 6.07) is 27.4. The molecule has 5 aromatic rings. The van der Waals surface area contributed by atoms with E-state index in [4.69, 9.17) is 11.6 Å². The minimum absolute atomic E-state index is 0.00183. The molecule has 3 N–H and O–H groups in total. The van der Waals surface area contributed by atoms with Crippen molar-refractivity contribution in [3.8, 4) is 0 Å². The van der Waals surface area contributed by atoms with Crippen LogP contribution in [0.4, 0.5) is 24.5 Å². The van der Waals surface area contributed by atoms with Gasteiger partial charge >= 0.3 is 5.51 Å². The molecule has 4 aliphatic heterocycles. The van der Waals surface area contributed by atoms with Crippen LogP contribution in [0.15, 0.2) is 134 Å². The highest BCUT2D eigenvalue weighted by atomic mass is 79.9. The lowest BCUT2D eigenvalue weighted by molar-refractivity contribution is -0.136. The van der Waals surface area contributed by atoms with E-state index in [-0.39, 0.29) is 40.7 Å². The van der Waals surface area contributed by atoms with Crippen molar-refractivity contribution in [2.24, 2.45) is 5.41 Å². The number of hydrogen-bond donors (Lipinski definition) is 3. The summed E-state index contributed by atoms with van der Waals surface area (Å²) < 4.78 is 100. The molecule has 3 saturated heterocycles. The van der Waals surface area contributed by atoms with Crippen LogP contribution in [0.5, 0.6) is 0 Å². The maximum atomic E-state index is 14.5. The van der Waals surface area contributed by atoms with E-state index in [9.17, 15) is 54.0 Å². The number of amides is 5. The lowest BCUT2D eigenvalue weighted by atomic mass is 9.73. The van der Waals surface area contributed by atoms with Crippen molar-refractivity contribution in [2.75, 3.05) is 81.4 Å². The van der Waals surface area contributed by atoms with Crippen LogP contribution in [-0.4, -0.2) is 155 Å². The molecule has 0 radical (unpaired) electrons. The maximum absolute atomic E-state index is 14.5. The van der Waals surface area contributed by atoms with Gasteiger partial charge in [-0.2, -0.15) is 13.2 Å². The number of sulfonamides is 1. The number of fused-ring (bicyclic) bond motifs is 1. The minimum atomic E-state index is -6.17. The first-order valence-electron chi connectivity index (χ1n) is 28.3. The van der Waals surface area contributed by atoms with E-state index in [1.54, 1.807) is 24.3 Å². The second kappa shape index (κ2) is 25.9. The molecule has 1 unspecified atom stereocenters. The summed E-state index contributed by atoms with van der Waals surface area (Å²) in [7, 11) is -11.1. The van der Waals surface area contributed by atoms with Gasteiger partial charge < -0.3 is 15.1 Å². The van der Waals surface area contributed by atoms with E-state index in [1.165, 1.54) is 40.6 Å². The number of anilines is 2. The number of carbonyl (C=O) groups is 5. The Hall–Kier alpha value is -6.12. The Bertz CT molecular complexity index is 3700. The van der Waals surface area contributed by atoms with Crippen molar-refractivity contribution in [2.45, 2.75) is 91.2 Å². The van der Waals surface area contributed by atoms with Crippen molar-refractivity contribution in [1.29, 1.82) is 0 Å². The van der Waals surface area contributed by atoms with Gasteiger partial charge in [-0.15, -0.1) is 11.8 Å². The molecule has 5 amide bonds. The van der Waals surface area contributed by atoms with Gasteiger partial charge in [0, 0.05) is 116 Å². The van der Waals surface area contributed by atoms with Crippen LogP contribution >= 0.6 is 39.3 Å². The molecule has 5 aromatic carbocycles. The average Bonchev–Trinajstić information content (AvgIpc) is 1.78. The molecular weight excluding hydrogens is 1260 g/mol. The molecule has 25 heteroatoms. The molecule has 5 aliphatic rings. The monoisotopic (exact) mass is 1320 g/mol. The summed E-state index contributed by atoms with van der Waals surface area (Å²) in [5.74, 6) is -3.19. The molecule has 86 heavy (non-hydrogen) atoms. The van der Waals surface area contributed by atoms with Crippen LogP contribution < -0.4 is 20.3 Å². The van der Waals surface area contributed by atoms with Gasteiger partial charge in [-0.25, -0.2) is 21.6 Å². The number of sulfone groups is 1. The van der Waals surface area contributed by atoms with Crippen LogP contribution in [0, 0.1) is 5.41 Å². The van der Waals surface area contributed by atoms with E-state index >= 15 is 0 Å². The van der Waals surface area contributed by atoms with E-state index in [1.807, 2.05) is 47.2 Å². The average molecular weight is 1320 g/mol. The van der Waals surface area contributed by atoms with Gasteiger partial charge in [-0.1, -0.05) is 77.3 Å². The van der Waals surface area contributed by atoms with Crippen LogP contribution in [-0.2, 0) is 36.0 Å². The molecule has 4 heterocycles. The number of hydrogen-bond acceptors (Lipinski definition) is 15. The summed E-state index contributed by atoms with van der Waals surface area (Å²) in [5.41, 5.74) is -0.257. The van der Waals surface area contributed by atoms with Gasteiger partial charge in [-0.05, 0) is 133 Å². The fourth-order valence-electron chi connectivity index (χ4n) is 11.7. The van der Waals surface area contributed by atoms with Gasteiger partial charge in [-0.3, -0.25) is 44.0 Å². The molecule has 0 saturated carbocycles. The highest BCUT2D eigenvalue weighted by Crippen LogP contribution is 2.43. The molecule has 10 rings (SSSR count). The van der Waals surface area contributed by atoms with Gasteiger partial charge in [0.1, 0.15) is 10.9 Å². The zero-order valence-electron chi connectivity index (χ0n) is 47.3. The number of nitrogens with one attached hydrogen (secondary N) is 3. The largest absolute Gasteiger partial charge is 0.501 e. The normalized spacial score (nSPS) is 19.6. The number of rotatable bonds is 19. The predicted octanol–water partition coefficient (Wildman–Crippen LogP) is 9.48. The first kappa shape index (κ1) is 62.9. The van der Waals surface area contributed by atoms with Gasteiger partial charge in [0.05, 0.1) is 21.7 Å². The first-order chi connectivity index (χ1) is 40.8. The fourth-order valence-corrected chi connectivity index (χ4v) is 15.3. The Morgan fingerprint density at radius 1 is 0.791 bits per heavy atom. The number of imide groups is 2. The van der Waals surface area contributed by atoms with Crippen LogP contribution in [0.25, 0.3) is 5.57 Å². The van der Waals surface area contributed by atoms with E-state index in [0.717, 1.165) is 72.1 Å². The second-order valence-electron chi connectivity index (χ2n) is 23.1. The maximum Gasteiger partial charge on any atom is 0.501 e. The van der Waals surface area contributed by atoms with E-state index in [0.29, 0.717) is 74.3 Å². The van der Waals surface area contributed by atoms with Gasteiger partial charge in [0.25, 0.3) is 37.6 Å². The third-order valence-corrected chi connectivity index (χ3v) is 21.6. The molecule has 0 spiro atoms. The highest BCUT2D eigenvalue weighted by molar-refractivity contribution is 9.10. The predicted molar refractivity (Wildman–Crippen MR) is 327 cm³/mol. The number of carbonyl (C=O) groups excluding carboxylic acids is 5. The lowest BCUT2D eigenvalue weighted by Gasteiger charge is -2.39. The molecule has 2 atom stereocenters. The van der Waals surface area contributed by atoms with Crippen molar-refractivity contribution >= 4 is 106 Å². The summed E-state index contributed by atoms with van der Waals surface area (Å²) in [6.07, 6.45) is 3.45. The number of alkyl halides is 3. The van der Waals surface area contributed by atoms with Crippen LogP contribution in [0.3, 0.4) is 0 Å². The van der Waals surface area contributed by atoms with Crippen molar-refractivity contribution in [3.63, 3.8) is 0 Å². The SMILES string of the molecule is CC1(C)CCC(c2ccc(Cl)cc2)=C(CN2CCN(c3ccc(C(=O)NS(=O)(=O)c4ccc(N[C@H](CCN5CCN(Cc6cc7c(cc6Br)C(=O)N(C6CCC(=O)NC6=O)C7=O)CC5)CSc5ccccc5)c(S(=O)(=O)C(F)(F)F)c4)cc3)CC2)C1. The Morgan fingerprint density at radius 3 is 2.09 bits per heavy atom. The summed E-state index contributed by atoms with van der Waals surface area (Å²) in [5, 5.41) is 5.92. The highest BCUT2D eigenvalue weighted by Gasteiger charge is 2.49. The summed E-state index contributed by atoms with van der Waals surface area (Å²) in [4.78, 5) is 73.4. The number of piperidine rings is 1. The quantitative estimate of drug-likeness (QED) is 0.0520. The third kappa shape index (κ3) is 14.4. The molecule has 17 nitrogen and oxygen atoms in total. The zero-order valence-corrected chi connectivity index (χ0v) is 52.1. The molecule has 456 valence electrons. The number of nitrogens with zero attached hydrogens (tertiary/aromatic N) is 5. The molecule has 0 aromatic heterocycles.